The second kappa shape index (κ2) is 5.67. The van der Waals surface area contributed by atoms with E-state index in [0.717, 1.165) is 10.9 Å². The summed E-state index contributed by atoms with van der Waals surface area (Å²) in [6.45, 7) is 4.10. The molecule has 5 heteroatoms. The number of allylic oxidation sites excluding steroid dienone is 1. The molecule has 0 aliphatic carbocycles. The molecule has 106 valence electrons. The summed E-state index contributed by atoms with van der Waals surface area (Å²) in [4.78, 5) is 18.3. The average molecular weight is 292 g/mol. The van der Waals surface area contributed by atoms with Gasteiger partial charge in [-0.15, -0.1) is 0 Å². The average Bonchev–Trinajstić information content (AvgIpc) is 2.77. The van der Waals surface area contributed by atoms with Crippen molar-refractivity contribution in [2.75, 3.05) is 14.1 Å². The molecular formula is C15H18ClN3O. The molecule has 2 rings (SSSR count). The van der Waals surface area contributed by atoms with Gasteiger partial charge in [0.15, 0.2) is 10.9 Å². The molecule has 0 radical (unpaired) electrons. The molecule has 0 aliphatic heterocycles. The number of ketones is 1. The smallest absolute Gasteiger partial charge is 0.189 e. The number of aromatic nitrogens is 2. The van der Waals surface area contributed by atoms with Crippen LogP contribution < -0.4 is 0 Å². The Morgan fingerprint density at radius 2 is 2.15 bits per heavy atom. The van der Waals surface area contributed by atoms with E-state index in [4.69, 9.17) is 11.6 Å². The SMILES string of the molecule is CC(C)n1cc(C(=O)/C=C/N(C)C)c2ccnc(Cl)c21. The van der Waals surface area contributed by atoms with E-state index in [0.29, 0.717) is 10.7 Å². The first-order valence-corrected chi connectivity index (χ1v) is 6.83. The topological polar surface area (TPSA) is 38.1 Å². The summed E-state index contributed by atoms with van der Waals surface area (Å²) < 4.78 is 1.99. The lowest BCUT2D eigenvalue weighted by Crippen LogP contribution is -2.03. The Morgan fingerprint density at radius 3 is 2.75 bits per heavy atom. The third-order valence-electron chi connectivity index (χ3n) is 3.04. The highest BCUT2D eigenvalue weighted by molar-refractivity contribution is 6.34. The number of nitrogens with zero attached hydrogens (tertiary/aromatic N) is 3. The van der Waals surface area contributed by atoms with E-state index in [2.05, 4.69) is 4.98 Å². The molecule has 0 saturated heterocycles. The zero-order valence-electron chi connectivity index (χ0n) is 12.1. The first-order valence-electron chi connectivity index (χ1n) is 6.45. The first-order chi connectivity index (χ1) is 9.41. The molecule has 0 aliphatic rings. The quantitative estimate of drug-likeness (QED) is 0.491. The fraction of sp³-hybridized carbons (Fsp3) is 0.333. The minimum absolute atomic E-state index is 0.0367. The molecule has 0 saturated carbocycles. The van der Waals surface area contributed by atoms with Crippen LogP contribution in [-0.4, -0.2) is 34.3 Å². The highest BCUT2D eigenvalue weighted by Crippen LogP contribution is 2.29. The molecule has 0 spiro atoms. The van der Waals surface area contributed by atoms with Gasteiger partial charge in [0, 0.05) is 55.8 Å². The van der Waals surface area contributed by atoms with Crippen LogP contribution in [0.5, 0.6) is 0 Å². The second-order valence-electron chi connectivity index (χ2n) is 5.19. The molecular weight excluding hydrogens is 274 g/mol. The van der Waals surface area contributed by atoms with Crippen molar-refractivity contribution in [2.45, 2.75) is 19.9 Å². The number of pyridine rings is 1. The molecule has 0 fully saturated rings. The Hall–Kier alpha value is -1.81. The Kier molecular flexibility index (Phi) is 4.14. The van der Waals surface area contributed by atoms with Crippen LogP contribution in [0, 0.1) is 0 Å². The van der Waals surface area contributed by atoms with Gasteiger partial charge < -0.3 is 9.47 Å². The maximum atomic E-state index is 12.3. The zero-order chi connectivity index (χ0) is 14.9. The van der Waals surface area contributed by atoms with Gasteiger partial charge in [0.05, 0.1) is 5.52 Å². The number of carbonyl (C=O) groups is 1. The Balaban J connectivity index is 2.60. The van der Waals surface area contributed by atoms with Gasteiger partial charge in [-0.3, -0.25) is 4.79 Å². The van der Waals surface area contributed by atoms with Crippen LogP contribution in [-0.2, 0) is 0 Å². The van der Waals surface area contributed by atoms with E-state index < -0.39 is 0 Å². The van der Waals surface area contributed by atoms with Gasteiger partial charge in [-0.05, 0) is 19.9 Å². The summed E-state index contributed by atoms with van der Waals surface area (Å²) in [7, 11) is 3.75. The molecule has 2 aromatic heterocycles. The van der Waals surface area contributed by atoms with Crippen molar-refractivity contribution in [2.24, 2.45) is 0 Å². The lowest BCUT2D eigenvalue weighted by molar-refractivity contribution is 0.104. The molecule has 20 heavy (non-hydrogen) atoms. The predicted molar refractivity (Wildman–Crippen MR) is 82.3 cm³/mol. The fourth-order valence-electron chi connectivity index (χ4n) is 2.07. The Morgan fingerprint density at radius 1 is 1.45 bits per heavy atom. The molecule has 2 aromatic rings. The van der Waals surface area contributed by atoms with E-state index in [1.807, 2.05) is 49.7 Å². The van der Waals surface area contributed by atoms with Crippen molar-refractivity contribution < 1.29 is 4.79 Å². The number of fused-ring (bicyclic) bond motifs is 1. The van der Waals surface area contributed by atoms with Crippen molar-refractivity contribution in [3.05, 3.63) is 41.5 Å². The van der Waals surface area contributed by atoms with Crippen molar-refractivity contribution in [3.8, 4) is 0 Å². The lowest BCUT2D eigenvalue weighted by Gasteiger charge is -2.09. The Bertz CT molecular complexity index is 671. The maximum absolute atomic E-state index is 12.3. The van der Waals surface area contributed by atoms with Gasteiger partial charge in [-0.2, -0.15) is 0 Å². The number of hydrogen-bond acceptors (Lipinski definition) is 3. The van der Waals surface area contributed by atoms with Gasteiger partial charge in [-0.25, -0.2) is 4.98 Å². The molecule has 0 unspecified atom stereocenters. The van der Waals surface area contributed by atoms with Crippen LogP contribution in [0.3, 0.4) is 0 Å². The number of halogens is 1. The second-order valence-corrected chi connectivity index (χ2v) is 5.54. The molecule has 2 heterocycles. The normalized spacial score (nSPS) is 11.7. The standard InChI is InChI=1S/C15H18ClN3O/c1-10(2)19-9-12(13(20)6-8-18(3)4)11-5-7-17-15(16)14(11)19/h5-10H,1-4H3/b8-6+. The largest absolute Gasteiger partial charge is 0.383 e. The third kappa shape index (κ3) is 2.70. The van der Waals surface area contributed by atoms with Crippen LogP contribution in [0.4, 0.5) is 0 Å². The van der Waals surface area contributed by atoms with Gasteiger partial charge in [-0.1, -0.05) is 11.6 Å². The lowest BCUT2D eigenvalue weighted by atomic mass is 10.1. The molecule has 0 N–H and O–H groups in total. The van der Waals surface area contributed by atoms with Crippen LogP contribution in [0.15, 0.2) is 30.7 Å². The first kappa shape index (κ1) is 14.6. The van der Waals surface area contributed by atoms with E-state index in [9.17, 15) is 4.79 Å². The molecule has 0 atom stereocenters. The predicted octanol–water partition coefficient (Wildman–Crippen LogP) is 3.53. The maximum Gasteiger partial charge on any atom is 0.189 e. The summed E-state index contributed by atoms with van der Waals surface area (Å²) >= 11 is 6.18. The minimum Gasteiger partial charge on any atom is -0.383 e. The molecule has 0 aromatic carbocycles. The van der Waals surface area contributed by atoms with Crippen molar-refractivity contribution in [1.29, 1.82) is 0 Å². The van der Waals surface area contributed by atoms with Crippen LogP contribution in [0.1, 0.15) is 30.2 Å². The van der Waals surface area contributed by atoms with Crippen LogP contribution in [0.25, 0.3) is 10.9 Å². The summed E-state index contributed by atoms with van der Waals surface area (Å²) in [5.41, 5.74) is 1.46. The monoisotopic (exact) mass is 291 g/mol. The van der Waals surface area contributed by atoms with E-state index in [1.165, 1.54) is 0 Å². The van der Waals surface area contributed by atoms with E-state index in [-0.39, 0.29) is 11.8 Å². The van der Waals surface area contributed by atoms with Gasteiger partial charge in [0.25, 0.3) is 0 Å². The van der Waals surface area contributed by atoms with Gasteiger partial charge in [0.1, 0.15) is 0 Å². The summed E-state index contributed by atoms with van der Waals surface area (Å²) in [5, 5.41) is 1.26. The number of rotatable bonds is 4. The van der Waals surface area contributed by atoms with Gasteiger partial charge >= 0.3 is 0 Å². The van der Waals surface area contributed by atoms with Gasteiger partial charge in [0.2, 0.25) is 0 Å². The number of carbonyl (C=O) groups excluding carboxylic acids is 1. The summed E-state index contributed by atoms with van der Waals surface area (Å²) in [6.07, 6.45) is 6.78. The highest BCUT2D eigenvalue weighted by atomic mass is 35.5. The zero-order valence-corrected chi connectivity index (χ0v) is 12.8. The fourth-order valence-corrected chi connectivity index (χ4v) is 2.33. The Labute approximate surface area is 123 Å². The van der Waals surface area contributed by atoms with Crippen molar-refractivity contribution in [1.82, 2.24) is 14.5 Å². The molecule has 0 amide bonds. The minimum atomic E-state index is -0.0367. The van der Waals surface area contributed by atoms with E-state index >= 15 is 0 Å². The molecule has 4 nitrogen and oxygen atoms in total. The van der Waals surface area contributed by atoms with E-state index in [1.54, 1.807) is 18.5 Å². The highest BCUT2D eigenvalue weighted by Gasteiger charge is 2.17. The summed E-state index contributed by atoms with van der Waals surface area (Å²) in [6, 6.07) is 2.04. The van der Waals surface area contributed by atoms with Crippen molar-refractivity contribution >= 4 is 28.3 Å². The number of hydrogen-bond donors (Lipinski definition) is 0. The van der Waals surface area contributed by atoms with Crippen LogP contribution >= 0.6 is 11.6 Å². The van der Waals surface area contributed by atoms with Crippen LogP contribution in [0.2, 0.25) is 5.15 Å². The molecule has 0 bridgehead atoms. The van der Waals surface area contributed by atoms with Crippen molar-refractivity contribution in [3.63, 3.8) is 0 Å². The summed E-state index contributed by atoms with van der Waals surface area (Å²) in [5.74, 6) is -0.0367. The third-order valence-corrected chi connectivity index (χ3v) is 3.32.